The van der Waals surface area contributed by atoms with E-state index < -0.39 is 23.8 Å². The first-order valence-corrected chi connectivity index (χ1v) is 4.37. The van der Waals surface area contributed by atoms with Crippen molar-refractivity contribution in [1.29, 1.82) is 0 Å². The summed E-state index contributed by atoms with van der Waals surface area (Å²) in [5.74, 6) is -2.26. The fraction of sp³-hybridized carbons (Fsp3) is 0.286. The molecule has 0 atom stereocenters. The molecule has 13 heavy (non-hydrogen) atoms. The van der Waals surface area contributed by atoms with Crippen molar-refractivity contribution in [3.8, 4) is 0 Å². The maximum Gasteiger partial charge on any atom is 0.268 e. The smallest absolute Gasteiger partial charge is 0.225 e. The van der Waals surface area contributed by atoms with E-state index in [9.17, 15) is 17.6 Å². The van der Waals surface area contributed by atoms with Gasteiger partial charge in [-0.25, -0.2) is 18.2 Å². The Morgan fingerprint density at radius 1 is 1.38 bits per heavy atom. The standard InChI is InChI=1S/C7H4BrF4N/c8-1-3-4(9)2-13-7(12)5(3)6(10)11/h2,6H,1H2. The molecule has 0 radical (unpaired) electrons. The molecule has 0 bridgehead atoms. The third kappa shape index (κ3) is 1.99. The van der Waals surface area contributed by atoms with Gasteiger partial charge in [-0.2, -0.15) is 4.39 Å². The quantitative estimate of drug-likeness (QED) is 0.451. The number of aromatic nitrogens is 1. The van der Waals surface area contributed by atoms with Crippen LogP contribution in [0.15, 0.2) is 6.20 Å². The van der Waals surface area contributed by atoms with Gasteiger partial charge >= 0.3 is 0 Å². The van der Waals surface area contributed by atoms with Gasteiger partial charge in [-0.05, 0) is 0 Å². The second-order valence-corrected chi connectivity index (χ2v) is 2.78. The number of nitrogens with zero attached hydrogens (tertiary/aromatic N) is 1. The Kier molecular flexibility index (Phi) is 3.24. The van der Waals surface area contributed by atoms with Gasteiger partial charge in [0, 0.05) is 10.9 Å². The summed E-state index contributed by atoms with van der Waals surface area (Å²) >= 11 is 2.79. The molecule has 1 rings (SSSR count). The minimum absolute atomic E-state index is 0.169. The molecule has 1 nitrogen and oxygen atoms in total. The Morgan fingerprint density at radius 2 is 2.00 bits per heavy atom. The van der Waals surface area contributed by atoms with E-state index in [0.717, 1.165) is 0 Å². The molecule has 0 aliphatic carbocycles. The fourth-order valence-electron chi connectivity index (χ4n) is 0.872. The predicted molar refractivity (Wildman–Crippen MR) is 41.7 cm³/mol. The maximum absolute atomic E-state index is 12.8. The molecule has 72 valence electrons. The summed E-state index contributed by atoms with van der Waals surface area (Å²) < 4.78 is 49.9. The van der Waals surface area contributed by atoms with E-state index in [4.69, 9.17) is 0 Å². The van der Waals surface area contributed by atoms with E-state index in [1.807, 2.05) is 0 Å². The normalized spacial score (nSPS) is 10.9. The lowest BCUT2D eigenvalue weighted by atomic mass is 10.1. The van der Waals surface area contributed by atoms with Gasteiger partial charge in [0.1, 0.15) is 5.82 Å². The van der Waals surface area contributed by atoms with Crippen molar-refractivity contribution in [2.75, 3.05) is 0 Å². The number of rotatable bonds is 2. The largest absolute Gasteiger partial charge is 0.268 e. The third-order valence-electron chi connectivity index (χ3n) is 1.48. The van der Waals surface area contributed by atoms with E-state index in [2.05, 4.69) is 20.9 Å². The molecule has 1 aromatic rings. The monoisotopic (exact) mass is 257 g/mol. The van der Waals surface area contributed by atoms with Gasteiger partial charge in [0.25, 0.3) is 6.43 Å². The minimum Gasteiger partial charge on any atom is -0.225 e. The first-order chi connectivity index (χ1) is 6.07. The van der Waals surface area contributed by atoms with Crippen molar-refractivity contribution in [2.24, 2.45) is 0 Å². The van der Waals surface area contributed by atoms with E-state index in [1.54, 1.807) is 0 Å². The van der Waals surface area contributed by atoms with E-state index in [0.29, 0.717) is 6.20 Å². The molecular formula is C7H4BrF4N. The predicted octanol–water partition coefficient (Wildman–Crippen LogP) is 3.19. The van der Waals surface area contributed by atoms with Crippen LogP contribution in [0.25, 0.3) is 0 Å². The summed E-state index contributed by atoms with van der Waals surface area (Å²) in [5, 5.41) is -0.169. The molecule has 0 aliphatic rings. The van der Waals surface area contributed by atoms with Crippen molar-refractivity contribution >= 4 is 15.9 Å². The van der Waals surface area contributed by atoms with Crippen LogP contribution in [0.3, 0.4) is 0 Å². The van der Waals surface area contributed by atoms with Crippen LogP contribution in [0.4, 0.5) is 17.6 Å². The average Bonchev–Trinajstić information content (AvgIpc) is 2.07. The summed E-state index contributed by atoms with van der Waals surface area (Å²) in [7, 11) is 0. The Balaban J connectivity index is 3.35. The van der Waals surface area contributed by atoms with E-state index in [1.165, 1.54) is 0 Å². The van der Waals surface area contributed by atoms with Crippen molar-refractivity contribution in [3.63, 3.8) is 0 Å². The molecular weight excluding hydrogens is 254 g/mol. The number of hydrogen-bond donors (Lipinski definition) is 0. The third-order valence-corrected chi connectivity index (χ3v) is 2.04. The number of hydrogen-bond acceptors (Lipinski definition) is 1. The molecule has 0 saturated heterocycles. The van der Waals surface area contributed by atoms with Crippen molar-refractivity contribution < 1.29 is 17.6 Å². The fourth-order valence-corrected chi connectivity index (χ4v) is 1.44. The van der Waals surface area contributed by atoms with Crippen LogP contribution in [-0.4, -0.2) is 4.98 Å². The molecule has 6 heteroatoms. The van der Waals surface area contributed by atoms with Gasteiger partial charge in [0.2, 0.25) is 5.95 Å². The number of halogens is 5. The molecule has 0 amide bonds. The SMILES string of the molecule is Fc1cnc(F)c(C(F)F)c1CBr. The second-order valence-electron chi connectivity index (χ2n) is 2.22. The first-order valence-electron chi connectivity index (χ1n) is 3.24. The van der Waals surface area contributed by atoms with Gasteiger partial charge < -0.3 is 0 Å². The molecule has 0 unspecified atom stereocenters. The Hall–Kier alpha value is -0.650. The first kappa shape index (κ1) is 10.4. The highest BCUT2D eigenvalue weighted by molar-refractivity contribution is 9.08. The summed E-state index contributed by atoms with van der Waals surface area (Å²) in [6, 6.07) is 0. The lowest BCUT2D eigenvalue weighted by molar-refractivity contribution is 0.143. The van der Waals surface area contributed by atoms with Gasteiger partial charge in [-0.3, -0.25) is 0 Å². The Bertz CT molecular complexity index is 316. The zero-order chi connectivity index (χ0) is 10.0. The highest BCUT2D eigenvalue weighted by Gasteiger charge is 2.21. The van der Waals surface area contributed by atoms with Crippen molar-refractivity contribution in [2.45, 2.75) is 11.8 Å². The van der Waals surface area contributed by atoms with E-state index >= 15 is 0 Å². The maximum atomic E-state index is 12.8. The molecule has 1 heterocycles. The summed E-state index contributed by atoms with van der Waals surface area (Å²) in [4.78, 5) is 2.87. The van der Waals surface area contributed by atoms with Crippen LogP contribution in [-0.2, 0) is 5.33 Å². The minimum atomic E-state index is -3.06. The number of alkyl halides is 3. The van der Waals surface area contributed by atoms with Gasteiger partial charge in [-0.1, -0.05) is 15.9 Å². The zero-order valence-corrected chi connectivity index (χ0v) is 7.78. The van der Waals surface area contributed by atoms with E-state index in [-0.39, 0.29) is 10.9 Å². The zero-order valence-electron chi connectivity index (χ0n) is 6.20. The molecule has 0 spiro atoms. The molecule has 0 saturated carbocycles. The van der Waals surface area contributed by atoms with Crippen LogP contribution in [0.2, 0.25) is 0 Å². The second kappa shape index (κ2) is 4.04. The lowest BCUT2D eigenvalue weighted by Crippen LogP contribution is -2.03. The Labute approximate surface area is 79.9 Å². The average molecular weight is 258 g/mol. The van der Waals surface area contributed by atoms with Gasteiger partial charge in [0.05, 0.1) is 11.8 Å². The van der Waals surface area contributed by atoms with Crippen LogP contribution in [0.5, 0.6) is 0 Å². The highest BCUT2D eigenvalue weighted by atomic mass is 79.9. The van der Waals surface area contributed by atoms with Gasteiger partial charge in [0.15, 0.2) is 0 Å². The molecule has 0 N–H and O–H groups in total. The molecule has 0 fully saturated rings. The highest BCUT2D eigenvalue weighted by Crippen LogP contribution is 2.27. The lowest BCUT2D eigenvalue weighted by Gasteiger charge is -2.06. The van der Waals surface area contributed by atoms with Crippen LogP contribution in [0, 0.1) is 11.8 Å². The topological polar surface area (TPSA) is 12.9 Å². The molecule has 1 aromatic heterocycles. The molecule has 0 aromatic carbocycles. The summed E-state index contributed by atoms with van der Waals surface area (Å²) in [5.41, 5.74) is -1.36. The van der Waals surface area contributed by atoms with Crippen LogP contribution in [0.1, 0.15) is 17.6 Å². The van der Waals surface area contributed by atoms with Crippen molar-refractivity contribution in [1.82, 2.24) is 4.98 Å². The Morgan fingerprint density at radius 3 is 2.38 bits per heavy atom. The summed E-state index contributed by atoms with van der Waals surface area (Å²) in [6.07, 6.45) is -2.48. The van der Waals surface area contributed by atoms with Crippen LogP contribution < -0.4 is 0 Å². The van der Waals surface area contributed by atoms with Gasteiger partial charge in [-0.15, -0.1) is 0 Å². The summed E-state index contributed by atoms with van der Waals surface area (Å²) in [6.45, 7) is 0. The number of pyridine rings is 1. The van der Waals surface area contributed by atoms with Crippen molar-refractivity contribution in [3.05, 3.63) is 29.1 Å². The van der Waals surface area contributed by atoms with Crippen LogP contribution >= 0.6 is 15.9 Å². The molecule has 0 aliphatic heterocycles.